The molecule has 0 aromatic carbocycles. The maximum Gasteiger partial charge on any atom is 0.168 e. The van der Waals surface area contributed by atoms with Crippen LogP contribution in [0.3, 0.4) is 0 Å². The van der Waals surface area contributed by atoms with E-state index in [-0.39, 0.29) is 24.2 Å². The predicted molar refractivity (Wildman–Crippen MR) is 62.5 cm³/mol. The Balaban J connectivity index is 2.65. The fourth-order valence-electron chi connectivity index (χ4n) is 1.48. The number of aromatic nitrogens is 1. The lowest BCUT2D eigenvalue weighted by Gasteiger charge is -2.15. The van der Waals surface area contributed by atoms with Crippen LogP contribution in [-0.2, 0) is 0 Å². The number of nitrogen functional groups attached to an aromatic ring is 1. The lowest BCUT2D eigenvalue weighted by molar-refractivity contribution is 0.258. The standard InChI is InChI=1S/C11H17F2N3O/c1-2-7(3-4-17)6-15-11-9(13)5-8(12)10(14)16-11/h5,7,17H,2-4,6H2,1H3,(H3,14,15,16). The SMILES string of the molecule is CCC(CCO)CNc1nc(N)c(F)cc1F. The van der Waals surface area contributed by atoms with Gasteiger partial charge in [-0.1, -0.05) is 13.3 Å². The maximum absolute atomic E-state index is 13.3. The first-order valence-electron chi connectivity index (χ1n) is 5.54. The Kier molecular flexibility index (Phi) is 5.09. The highest BCUT2D eigenvalue weighted by Crippen LogP contribution is 2.17. The fourth-order valence-corrected chi connectivity index (χ4v) is 1.48. The zero-order chi connectivity index (χ0) is 12.8. The molecule has 0 radical (unpaired) electrons. The van der Waals surface area contributed by atoms with Gasteiger partial charge in [0.25, 0.3) is 0 Å². The van der Waals surface area contributed by atoms with Gasteiger partial charge in [0.2, 0.25) is 0 Å². The molecular weight excluding hydrogens is 228 g/mol. The average molecular weight is 245 g/mol. The largest absolute Gasteiger partial charge is 0.396 e. The molecule has 0 aliphatic rings. The van der Waals surface area contributed by atoms with Gasteiger partial charge in [-0.15, -0.1) is 0 Å². The van der Waals surface area contributed by atoms with Crippen LogP contribution in [0.4, 0.5) is 20.4 Å². The number of rotatable bonds is 6. The Labute approximate surface area is 98.9 Å². The van der Waals surface area contributed by atoms with Gasteiger partial charge in [-0.05, 0) is 12.3 Å². The Hall–Kier alpha value is -1.43. The van der Waals surface area contributed by atoms with Gasteiger partial charge < -0.3 is 16.2 Å². The minimum atomic E-state index is -0.865. The summed E-state index contributed by atoms with van der Waals surface area (Å²) in [6, 6.07) is 0.706. The molecule has 1 aromatic heterocycles. The fraction of sp³-hybridized carbons (Fsp3) is 0.545. The van der Waals surface area contributed by atoms with Crippen LogP contribution in [0.5, 0.6) is 0 Å². The Morgan fingerprint density at radius 3 is 2.76 bits per heavy atom. The number of halogens is 2. The molecule has 0 aliphatic carbocycles. The minimum Gasteiger partial charge on any atom is -0.396 e. The van der Waals surface area contributed by atoms with Crippen LogP contribution in [0, 0.1) is 17.6 Å². The van der Waals surface area contributed by atoms with Crippen molar-refractivity contribution in [2.45, 2.75) is 19.8 Å². The molecule has 1 unspecified atom stereocenters. The number of nitrogens with one attached hydrogen (secondary N) is 1. The molecular formula is C11H17F2N3O. The molecule has 0 aliphatic heterocycles. The zero-order valence-corrected chi connectivity index (χ0v) is 9.71. The first kappa shape index (κ1) is 13.6. The van der Waals surface area contributed by atoms with Gasteiger partial charge >= 0.3 is 0 Å². The van der Waals surface area contributed by atoms with Crippen molar-refractivity contribution in [2.24, 2.45) is 5.92 Å². The molecule has 1 rings (SSSR count). The van der Waals surface area contributed by atoms with Gasteiger partial charge in [0.1, 0.15) is 0 Å². The molecule has 4 nitrogen and oxygen atoms in total. The number of nitrogens with two attached hydrogens (primary N) is 1. The minimum absolute atomic E-state index is 0.0553. The van der Waals surface area contributed by atoms with Gasteiger partial charge in [-0.3, -0.25) is 0 Å². The van der Waals surface area contributed by atoms with E-state index in [1.165, 1.54) is 0 Å². The zero-order valence-electron chi connectivity index (χ0n) is 9.71. The van der Waals surface area contributed by atoms with Crippen LogP contribution in [0.15, 0.2) is 6.07 Å². The Morgan fingerprint density at radius 1 is 1.47 bits per heavy atom. The molecule has 1 atom stereocenters. The summed E-state index contributed by atoms with van der Waals surface area (Å²) < 4.78 is 26.2. The third kappa shape index (κ3) is 3.81. The Morgan fingerprint density at radius 2 is 2.18 bits per heavy atom. The molecule has 4 N–H and O–H groups in total. The third-order valence-corrected chi connectivity index (χ3v) is 2.63. The predicted octanol–water partition coefficient (Wildman–Crippen LogP) is 1.76. The summed E-state index contributed by atoms with van der Waals surface area (Å²) in [5.74, 6) is -1.80. The smallest absolute Gasteiger partial charge is 0.168 e. The highest BCUT2D eigenvalue weighted by Gasteiger charge is 2.11. The highest BCUT2D eigenvalue weighted by atomic mass is 19.1. The number of hydrogen-bond acceptors (Lipinski definition) is 4. The van der Waals surface area contributed by atoms with Crippen LogP contribution in [0.1, 0.15) is 19.8 Å². The molecule has 96 valence electrons. The van der Waals surface area contributed by atoms with Crippen LogP contribution in [-0.4, -0.2) is 23.2 Å². The van der Waals surface area contributed by atoms with Crippen molar-refractivity contribution < 1.29 is 13.9 Å². The van der Waals surface area contributed by atoms with Crippen molar-refractivity contribution in [3.05, 3.63) is 17.7 Å². The van der Waals surface area contributed by atoms with Gasteiger partial charge in [-0.2, -0.15) is 0 Å². The maximum atomic E-state index is 13.3. The van der Waals surface area contributed by atoms with E-state index in [4.69, 9.17) is 10.8 Å². The third-order valence-electron chi connectivity index (χ3n) is 2.63. The van der Waals surface area contributed by atoms with Crippen molar-refractivity contribution in [1.82, 2.24) is 4.98 Å². The number of hydrogen-bond donors (Lipinski definition) is 3. The van der Waals surface area contributed by atoms with Gasteiger partial charge in [0.15, 0.2) is 23.3 Å². The number of anilines is 2. The van der Waals surface area contributed by atoms with E-state index in [9.17, 15) is 8.78 Å². The van der Waals surface area contributed by atoms with Crippen LogP contribution >= 0.6 is 0 Å². The second-order valence-electron chi connectivity index (χ2n) is 3.85. The topological polar surface area (TPSA) is 71.2 Å². The molecule has 0 bridgehead atoms. The number of aliphatic hydroxyl groups excluding tert-OH is 1. The van der Waals surface area contributed by atoms with E-state index in [0.717, 1.165) is 6.42 Å². The summed E-state index contributed by atoms with van der Waals surface area (Å²) in [5.41, 5.74) is 5.25. The number of pyridine rings is 1. The first-order chi connectivity index (χ1) is 8.08. The van der Waals surface area contributed by atoms with Crippen LogP contribution in [0.2, 0.25) is 0 Å². The van der Waals surface area contributed by atoms with E-state index in [2.05, 4.69) is 10.3 Å². The lowest BCUT2D eigenvalue weighted by Crippen LogP contribution is -2.17. The molecule has 0 spiro atoms. The summed E-state index contributed by atoms with van der Waals surface area (Å²) >= 11 is 0. The highest BCUT2D eigenvalue weighted by molar-refractivity contribution is 5.44. The van der Waals surface area contributed by atoms with Crippen molar-refractivity contribution in [3.63, 3.8) is 0 Å². The van der Waals surface area contributed by atoms with Crippen LogP contribution in [0.25, 0.3) is 0 Å². The van der Waals surface area contributed by atoms with Gasteiger partial charge in [-0.25, -0.2) is 13.8 Å². The van der Waals surface area contributed by atoms with Gasteiger partial charge in [0, 0.05) is 19.2 Å². The molecule has 6 heteroatoms. The number of aliphatic hydroxyl groups is 1. The average Bonchev–Trinajstić information content (AvgIpc) is 2.30. The monoisotopic (exact) mass is 245 g/mol. The van der Waals surface area contributed by atoms with E-state index < -0.39 is 11.6 Å². The lowest BCUT2D eigenvalue weighted by atomic mass is 10.0. The summed E-state index contributed by atoms with van der Waals surface area (Å²) in [4.78, 5) is 3.59. The Bertz CT molecular complexity index is 374. The van der Waals surface area contributed by atoms with E-state index in [0.29, 0.717) is 19.0 Å². The first-order valence-corrected chi connectivity index (χ1v) is 5.54. The second-order valence-corrected chi connectivity index (χ2v) is 3.85. The second kappa shape index (κ2) is 6.34. The molecule has 17 heavy (non-hydrogen) atoms. The summed E-state index contributed by atoms with van der Waals surface area (Å²) in [6.07, 6.45) is 1.48. The molecule has 0 fully saturated rings. The van der Waals surface area contributed by atoms with Crippen molar-refractivity contribution in [1.29, 1.82) is 0 Å². The molecule has 0 saturated heterocycles. The van der Waals surface area contributed by atoms with Crippen LogP contribution < -0.4 is 11.1 Å². The molecule has 0 saturated carbocycles. The van der Waals surface area contributed by atoms with Gasteiger partial charge in [0.05, 0.1) is 0 Å². The summed E-state index contributed by atoms with van der Waals surface area (Å²) in [5, 5.41) is 11.6. The summed E-state index contributed by atoms with van der Waals surface area (Å²) in [7, 11) is 0. The molecule has 1 heterocycles. The van der Waals surface area contributed by atoms with Crippen molar-refractivity contribution in [3.8, 4) is 0 Å². The van der Waals surface area contributed by atoms with Crippen molar-refractivity contribution in [2.75, 3.05) is 24.2 Å². The van der Waals surface area contributed by atoms with E-state index in [1.54, 1.807) is 0 Å². The number of nitrogens with zero attached hydrogens (tertiary/aromatic N) is 1. The normalized spacial score (nSPS) is 12.5. The molecule has 0 amide bonds. The van der Waals surface area contributed by atoms with Crippen molar-refractivity contribution >= 4 is 11.6 Å². The van der Waals surface area contributed by atoms with E-state index >= 15 is 0 Å². The quantitative estimate of drug-likeness (QED) is 0.714. The molecule has 1 aromatic rings. The summed E-state index contributed by atoms with van der Waals surface area (Å²) in [6.45, 7) is 2.53. The van der Waals surface area contributed by atoms with E-state index in [1.807, 2.05) is 6.92 Å².